The highest BCUT2D eigenvalue weighted by atomic mass is 16.2. The molecular formula is C19H33N5O. The second-order valence-corrected chi connectivity index (χ2v) is 8.07. The average Bonchev–Trinajstić information content (AvgIpc) is 3.02. The van der Waals surface area contributed by atoms with Gasteiger partial charge in [0.1, 0.15) is 0 Å². The summed E-state index contributed by atoms with van der Waals surface area (Å²) in [7, 11) is 0. The van der Waals surface area contributed by atoms with Gasteiger partial charge in [0.15, 0.2) is 5.69 Å². The molecular weight excluding hydrogens is 314 g/mol. The van der Waals surface area contributed by atoms with Crippen LogP contribution in [0.4, 0.5) is 0 Å². The van der Waals surface area contributed by atoms with Crippen molar-refractivity contribution in [1.29, 1.82) is 0 Å². The first-order valence-electron chi connectivity index (χ1n) is 10.0. The lowest BCUT2D eigenvalue weighted by atomic mass is 9.94. The summed E-state index contributed by atoms with van der Waals surface area (Å²) in [4.78, 5) is 15.2. The topological polar surface area (TPSA) is 63.1 Å². The second kappa shape index (κ2) is 8.30. The van der Waals surface area contributed by atoms with Crippen molar-refractivity contribution in [1.82, 2.24) is 25.2 Å². The molecule has 0 aromatic carbocycles. The summed E-state index contributed by atoms with van der Waals surface area (Å²) >= 11 is 0. The van der Waals surface area contributed by atoms with Crippen LogP contribution in [0.2, 0.25) is 0 Å². The van der Waals surface area contributed by atoms with Crippen molar-refractivity contribution in [2.75, 3.05) is 19.6 Å². The molecule has 2 aliphatic heterocycles. The lowest BCUT2D eigenvalue weighted by Gasteiger charge is -2.36. The van der Waals surface area contributed by atoms with Crippen molar-refractivity contribution < 1.29 is 4.79 Å². The van der Waals surface area contributed by atoms with Gasteiger partial charge in [0.05, 0.1) is 11.7 Å². The number of hydrogen-bond donors (Lipinski definition) is 1. The number of carbonyl (C=O) groups is 1. The van der Waals surface area contributed by atoms with Crippen LogP contribution in [0, 0.1) is 12.8 Å². The van der Waals surface area contributed by atoms with Crippen LogP contribution in [-0.2, 0) is 0 Å². The fourth-order valence-corrected chi connectivity index (χ4v) is 4.17. The molecule has 3 rings (SSSR count). The second-order valence-electron chi connectivity index (χ2n) is 8.07. The molecule has 0 radical (unpaired) electrons. The van der Waals surface area contributed by atoms with Gasteiger partial charge < -0.3 is 10.2 Å². The summed E-state index contributed by atoms with van der Waals surface area (Å²) in [6, 6.07) is 0.737. The van der Waals surface area contributed by atoms with E-state index in [1.54, 1.807) is 0 Å². The monoisotopic (exact) mass is 347 g/mol. The zero-order valence-corrected chi connectivity index (χ0v) is 16.0. The first-order chi connectivity index (χ1) is 12.1. The maximum Gasteiger partial charge on any atom is 0.276 e. The van der Waals surface area contributed by atoms with E-state index in [2.05, 4.69) is 34.4 Å². The Morgan fingerprint density at radius 2 is 2.00 bits per heavy atom. The fourth-order valence-electron chi connectivity index (χ4n) is 4.17. The zero-order valence-electron chi connectivity index (χ0n) is 16.0. The molecule has 25 heavy (non-hydrogen) atoms. The smallest absolute Gasteiger partial charge is 0.276 e. The molecule has 0 bridgehead atoms. The van der Waals surface area contributed by atoms with Gasteiger partial charge in [-0.05, 0) is 70.9 Å². The van der Waals surface area contributed by atoms with Crippen molar-refractivity contribution in [2.24, 2.45) is 5.92 Å². The molecule has 1 atom stereocenters. The zero-order chi connectivity index (χ0) is 17.8. The quantitative estimate of drug-likeness (QED) is 0.889. The number of hydrogen-bond acceptors (Lipinski definition) is 4. The predicted octanol–water partition coefficient (Wildman–Crippen LogP) is 2.94. The van der Waals surface area contributed by atoms with Crippen molar-refractivity contribution >= 4 is 5.91 Å². The molecule has 3 heterocycles. The number of likely N-dealkylation sites (tertiary alicyclic amines) is 1. The molecule has 1 N–H and O–H groups in total. The Labute approximate surface area is 151 Å². The Kier molecular flexibility index (Phi) is 6.10. The Morgan fingerprint density at radius 3 is 2.72 bits per heavy atom. The van der Waals surface area contributed by atoms with Crippen molar-refractivity contribution in [3.63, 3.8) is 0 Å². The average molecular weight is 348 g/mol. The minimum Gasteiger partial charge on any atom is -0.334 e. The summed E-state index contributed by atoms with van der Waals surface area (Å²) in [6.07, 6.45) is 7.84. The minimum absolute atomic E-state index is 0.0890. The molecule has 6 heteroatoms. The molecule has 0 aliphatic carbocycles. The molecule has 2 saturated heterocycles. The first kappa shape index (κ1) is 18.4. The Morgan fingerprint density at radius 1 is 1.24 bits per heavy atom. The van der Waals surface area contributed by atoms with E-state index in [-0.39, 0.29) is 5.91 Å². The highest BCUT2D eigenvalue weighted by molar-refractivity contribution is 5.93. The minimum atomic E-state index is 0.0890. The molecule has 2 aliphatic rings. The number of nitrogens with one attached hydrogen (secondary N) is 1. The lowest BCUT2D eigenvalue weighted by molar-refractivity contribution is 0.0586. The first-order valence-corrected chi connectivity index (χ1v) is 10.0. The van der Waals surface area contributed by atoms with Crippen LogP contribution in [0.25, 0.3) is 0 Å². The SMILES string of the molecule is Cc1c(C(=O)N2CCCCC2CCC(C)C)nnn1C1CCNCC1. The highest BCUT2D eigenvalue weighted by Gasteiger charge is 2.31. The maximum absolute atomic E-state index is 13.2. The molecule has 1 unspecified atom stereocenters. The molecule has 1 amide bonds. The molecule has 140 valence electrons. The van der Waals surface area contributed by atoms with Crippen LogP contribution in [0.15, 0.2) is 0 Å². The summed E-state index contributed by atoms with van der Waals surface area (Å²) in [5.41, 5.74) is 1.50. The number of piperidine rings is 2. The normalized spacial score (nSPS) is 22.6. The summed E-state index contributed by atoms with van der Waals surface area (Å²) < 4.78 is 1.99. The van der Waals surface area contributed by atoms with Crippen LogP contribution < -0.4 is 5.32 Å². The van der Waals surface area contributed by atoms with Crippen LogP contribution in [0.3, 0.4) is 0 Å². The van der Waals surface area contributed by atoms with Gasteiger partial charge >= 0.3 is 0 Å². The number of carbonyl (C=O) groups excluding carboxylic acids is 1. The Balaban J connectivity index is 1.73. The van der Waals surface area contributed by atoms with E-state index >= 15 is 0 Å². The van der Waals surface area contributed by atoms with E-state index < -0.39 is 0 Å². The van der Waals surface area contributed by atoms with Crippen LogP contribution >= 0.6 is 0 Å². The molecule has 1 aromatic heterocycles. The number of aromatic nitrogens is 3. The maximum atomic E-state index is 13.2. The fraction of sp³-hybridized carbons (Fsp3) is 0.842. The number of rotatable bonds is 5. The third kappa shape index (κ3) is 4.22. The molecule has 6 nitrogen and oxygen atoms in total. The Hall–Kier alpha value is -1.43. The van der Waals surface area contributed by atoms with Crippen molar-refractivity contribution in [2.45, 2.75) is 77.8 Å². The van der Waals surface area contributed by atoms with Crippen LogP contribution in [-0.4, -0.2) is 51.5 Å². The molecule has 2 fully saturated rings. The number of nitrogens with zero attached hydrogens (tertiary/aromatic N) is 4. The summed E-state index contributed by atoms with van der Waals surface area (Å²) in [5, 5.41) is 12.0. The molecule has 0 spiro atoms. The van der Waals surface area contributed by atoms with Crippen molar-refractivity contribution in [3.8, 4) is 0 Å². The van der Waals surface area contributed by atoms with E-state index in [1.165, 1.54) is 12.8 Å². The van der Waals surface area contributed by atoms with Gasteiger partial charge in [-0.2, -0.15) is 0 Å². The largest absolute Gasteiger partial charge is 0.334 e. The van der Waals surface area contributed by atoms with Gasteiger partial charge in [-0.15, -0.1) is 5.10 Å². The van der Waals surface area contributed by atoms with Crippen LogP contribution in [0.5, 0.6) is 0 Å². The highest BCUT2D eigenvalue weighted by Crippen LogP contribution is 2.26. The Bertz CT molecular complexity index is 576. The van der Waals surface area contributed by atoms with Crippen LogP contribution in [0.1, 0.15) is 81.0 Å². The van der Waals surface area contributed by atoms with Gasteiger partial charge in [0.25, 0.3) is 5.91 Å². The van der Waals surface area contributed by atoms with E-state index in [4.69, 9.17) is 0 Å². The predicted molar refractivity (Wildman–Crippen MR) is 98.6 cm³/mol. The van der Waals surface area contributed by atoms with E-state index in [0.717, 1.165) is 57.4 Å². The lowest BCUT2D eigenvalue weighted by Crippen LogP contribution is -2.44. The van der Waals surface area contributed by atoms with Crippen molar-refractivity contribution in [3.05, 3.63) is 11.4 Å². The van der Waals surface area contributed by atoms with Gasteiger partial charge in [-0.3, -0.25) is 4.79 Å². The summed E-state index contributed by atoms with van der Waals surface area (Å²) in [5.74, 6) is 0.771. The van der Waals surface area contributed by atoms with Gasteiger partial charge in [-0.25, -0.2) is 4.68 Å². The summed E-state index contributed by atoms with van der Waals surface area (Å²) in [6.45, 7) is 9.39. The van der Waals surface area contributed by atoms with Gasteiger partial charge in [0, 0.05) is 12.6 Å². The van der Waals surface area contributed by atoms with Gasteiger partial charge in [-0.1, -0.05) is 19.1 Å². The third-order valence-electron chi connectivity index (χ3n) is 5.75. The molecule has 0 saturated carbocycles. The standard InChI is InChI=1S/C19H33N5O/c1-14(2)7-8-16-6-4-5-13-23(16)19(25)18-15(3)24(22-21-18)17-9-11-20-12-10-17/h14,16-17,20H,4-13H2,1-3H3. The third-order valence-corrected chi connectivity index (χ3v) is 5.75. The van der Waals surface area contributed by atoms with E-state index in [9.17, 15) is 4.79 Å². The molecule has 1 aromatic rings. The van der Waals surface area contributed by atoms with E-state index in [1.807, 2.05) is 11.6 Å². The van der Waals surface area contributed by atoms with E-state index in [0.29, 0.717) is 23.7 Å². The number of amides is 1. The van der Waals surface area contributed by atoms with Gasteiger partial charge in [0.2, 0.25) is 0 Å².